The number of carbonyl (C=O) groups is 1. The number of aryl methyl sites for hydroxylation is 2. The van der Waals surface area contributed by atoms with Crippen LogP contribution in [0.15, 0.2) is 18.2 Å². The summed E-state index contributed by atoms with van der Waals surface area (Å²) < 4.78 is 13.0. The first-order valence-electron chi connectivity index (χ1n) is 8.63. The second kappa shape index (κ2) is 7.17. The molecule has 0 spiro atoms. The number of benzene rings is 1. The Bertz CT molecular complexity index is 782. The normalized spacial score (nSPS) is 14.2. The number of aromatic nitrogens is 2. The summed E-state index contributed by atoms with van der Waals surface area (Å²) in [4.78, 5) is 12.3. The molecule has 134 valence electrons. The number of amides is 1. The van der Waals surface area contributed by atoms with Crippen LogP contribution in [0, 0.1) is 13.8 Å². The van der Waals surface area contributed by atoms with E-state index in [1.54, 1.807) is 0 Å². The molecular weight excluding hydrogens is 318 g/mol. The van der Waals surface area contributed by atoms with Gasteiger partial charge in [0.1, 0.15) is 13.2 Å². The van der Waals surface area contributed by atoms with Gasteiger partial charge in [0.25, 0.3) is 0 Å². The Hall–Kier alpha value is -2.50. The van der Waals surface area contributed by atoms with Crippen LogP contribution in [0.4, 0.5) is 0 Å². The Morgan fingerprint density at radius 3 is 2.68 bits per heavy atom. The highest BCUT2D eigenvalue weighted by molar-refractivity contribution is 5.76. The molecule has 0 saturated heterocycles. The average molecular weight is 343 g/mol. The molecule has 3 rings (SSSR count). The topological polar surface area (TPSA) is 65.4 Å². The highest BCUT2D eigenvalue weighted by Crippen LogP contribution is 2.32. The van der Waals surface area contributed by atoms with Gasteiger partial charge in [-0.2, -0.15) is 5.10 Å². The third kappa shape index (κ3) is 3.78. The Labute approximate surface area is 148 Å². The van der Waals surface area contributed by atoms with Crippen molar-refractivity contribution < 1.29 is 14.3 Å². The SMILES string of the molecule is Cc1nn(C)c(C)c1CCC(=O)N[C@H](C)c1ccc2c(c1)OCCO2. The molecule has 1 aliphatic rings. The number of hydrogen-bond acceptors (Lipinski definition) is 4. The van der Waals surface area contributed by atoms with Gasteiger partial charge >= 0.3 is 0 Å². The molecule has 0 bridgehead atoms. The third-order valence-electron chi connectivity index (χ3n) is 4.70. The first-order chi connectivity index (χ1) is 12.0. The zero-order chi connectivity index (χ0) is 18.0. The predicted octanol–water partition coefficient (Wildman–Crippen LogP) is 2.62. The lowest BCUT2D eigenvalue weighted by molar-refractivity contribution is -0.121. The first-order valence-corrected chi connectivity index (χ1v) is 8.63. The third-order valence-corrected chi connectivity index (χ3v) is 4.70. The van der Waals surface area contributed by atoms with Gasteiger partial charge in [0, 0.05) is 19.2 Å². The molecule has 0 aliphatic carbocycles. The van der Waals surface area contributed by atoms with Gasteiger partial charge in [-0.3, -0.25) is 9.48 Å². The summed E-state index contributed by atoms with van der Waals surface area (Å²) >= 11 is 0. The number of carbonyl (C=O) groups excluding carboxylic acids is 1. The largest absolute Gasteiger partial charge is 0.486 e. The van der Waals surface area contributed by atoms with Crippen molar-refractivity contribution in [2.24, 2.45) is 7.05 Å². The van der Waals surface area contributed by atoms with Crippen molar-refractivity contribution in [3.63, 3.8) is 0 Å². The summed E-state index contributed by atoms with van der Waals surface area (Å²) in [6.45, 7) is 7.12. The second-order valence-corrected chi connectivity index (χ2v) is 6.47. The standard InChI is InChI=1S/C19H25N3O3/c1-12(15-5-7-17-18(11-15)25-10-9-24-17)20-19(23)8-6-16-13(2)21-22(4)14(16)3/h5,7,11-12H,6,8-10H2,1-4H3,(H,20,23)/t12-/m1/s1. The molecule has 2 heterocycles. The maximum atomic E-state index is 12.3. The number of rotatable bonds is 5. The van der Waals surface area contributed by atoms with E-state index in [4.69, 9.17) is 9.47 Å². The van der Waals surface area contributed by atoms with Crippen LogP contribution < -0.4 is 14.8 Å². The minimum absolute atomic E-state index is 0.0324. The number of nitrogens with zero attached hydrogens (tertiary/aromatic N) is 2. The van der Waals surface area contributed by atoms with Gasteiger partial charge in [-0.1, -0.05) is 6.07 Å². The lowest BCUT2D eigenvalue weighted by Gasteiger charge is -2.21. The van der Waals surface area contributed by atoms with Gasteiger partial charge in [0.15, 0.2) is 11.5 Å². The first kappa shape index (κ1) is 17.3. The fourth-order valence-corrected chi connectivity index (χ4v) is 3.14. The number of nitrogens with one attached hydrogen (secondary N) is 1. The van der Waals surface area contributed by atoms with Crippen molar-refractivity contribution in [1.82, 2.24) is 15.1 Å². The molecule has 6 heteroatoms. The summed E-state index contributed by atoms with van der Waals surface area (Å²) in [6, 6.07) is 5.72. The van der Waals surface area contributed by atoms with E-state index in [2.05, 4.69) is 10.4 Å². The van der Waals surface area contributed by atoms with E-state index in [1.165, 1.54) is 0 Å². The molecule has 6 nitrogen and oxygen atoms in total. The van der Waals surface area contributed by atoms with Gasteiger partial charge in [0.05, 0.1) is 11.7 Å². The highest BCUT2D eigenvalue weighted by atomic mass is 16.6. The number of hydrogen-bond donors (Lipinski definition) is 1. The Morgan fingerprint density at radius 2 is 2.00 bits per heavy atom. The lowest BCUT2D eigenvalue weighted by atomic mass is 10.1. The van der Waals surface area contributed by atoms with Crippen LogP contribution in [0.2, 0.25) is 0 Å². The molecule has 0 unspecified atom stereocenters. The Morgan fingerprint density at radius 1 is 1.28 bits per heavy atom. The average Bonchev–Trinajstić information content (AvgIpc) is 2.84. The predicted molar refractivity (Wildman–Crippen MR) is 95.0 cm³/mol. The molecule has 0 fully saturated rings. The van der Waals surface area contributed by atoms with Crippen molar-refractivity contribution >= 4 is 5.91 Å². The maximum Gasteiger partial charge on any atom is 0.220 e. The van der Waals surface area contributed by atoms with E-state index < -0.39 is 0 Å². The highest BCUT2D eigenvalue weighted by Gasteiger charge is 2.17. The smallest absolute Gasteiger partial charge is 0.220 e. The van der Waals surface area contributed by atoms with Crippen molar-refractivity contribution in [2.75, 3.05) is 13.2 Å². The van der Waals surface area contributed by atoms with Crippen LogP contribution in [0.1, 0.15) is 41.9 Å². The van der Waals surface area contributed by atoms with Crippen molar-refractivity contribution in [3.8, 4) is 11.5 Å². The van der Waals surface area contributed by atoms with Crippen molar-refractivity contribution in [1.29, 1.82) is 0 Å². The van der Waals surface area contributed by atoms with E-state index in [0.29, 0.717) is 26.1 Å². The zero-order valence-electron chi connectivity index (χ0n) is 15.3. The van der Waals surface area contributed by atoms with Crippen LogP contribution >= 0.6 is 0 Å². The molecule has 1 aromatic heterocycles. The zero-order valence-corrected chi connectivity index (χ0v) is 15.3. The van der Waals surface area contributed by atoms with E-state index in [1.807, 2.05) is 50.7 Å². The van der Waals surface area contributed by atoms with Crippen LogP contribution in [0.3, 0.4) is 0 Å². The van der Waals surface area contributed by atoms with Gasteiger partial charge in [-0.15, -0.1) is 0 Å². The van der Waals surface area contributed by atoms with E-state index in [9.17, 15) is 4.79 Å². The molecule has 1 amide bonds. The molecule has 2 aromatic rings. The molecular formula is C19H25N3O3. The van der Waals surface area contributed by atoms with Gasteiger partial charge in [-0.05, 0) is 50.5 Å². The Kier molecular flexibility index (Phi) is 4.97. The molecule has 1 N–H and O–H groups in total. The van der Waals surface area contributed by atoms with Gasteiger partial charge in [0.2, 0.25) is 5.91 Å². The van der Waals surface area contributed by atoms with Crippen molar-refractivity contribution in [2.45, 2.75) is 39.7 Å². The molecule has 1 aromatic carbocycles. The quantitative estimate of drug-likeness (QED) is 0.906. The molecule has 1 aliphatic heterocycles. The molecule has 1 atom stereocenters. The molecule has 0 saturated carbocycles. The van der Waals surface area contributed by atoms with Crippen LogP contribution in [0.25, 0.3) is 0 Å². The van der Waals surface area contributed by atoms with E-state index >= 15 is 0 Å². The Balaban J connectivity index is 1.59. The van der Waals surface area contributed by atoms with E-state index in [0.717, 1.165) is 34.0 Å². The van der Waals surface area contributed by atoms with Crippen molar-refractivity contribution in [3.05, 3.63) is 40.7 Å². The monoisotopic (exact) mass is 343 g/mol. The second-order valence-electron chi connectivity index (χ2n) is 6.47. The van der Waals surface area contributed by atoms with Crippen LogP contribution in [-0.2, 0) is 18.3 Å². The summed E-state index contributed by atoms with van der Waals surface area (Å²) in [7, 11) is 1.93. The van der Waals surface area contributed by atoms with Crippen LogP contribution in [0.5, 0.6) is 11.5 Å². The minimum Gasteiger partial charge on any atom is -0.486 e. The summed E-state index contributed by atoms with van der Waals surface area (Å²) in [5, 5.41) is 7.45. The van der Waals surface area contributed by atoms with E-state index in [-0.39, 0.29) is 11.9 Å². The number of fused-ring (bicyclic) bond motifs is 1. The summed E-state index contributed by atoms with van der Waals surface area (Å²) in [5.74, 6) is 1.53. The number of ether oxygens (including phenoxy) is 2. The van der Waals surface area contributed by atoms with Gasteiger partial charge < -0.3 is 14.8 Å². The molecule has 25 heavy (non-hydrogen) atoms. The lowest BCUT2D eigenvalue weighted by Crippen LogP contribution is -2.27. The molecule has 0 radical (unpaired) electrons. The van der Waals surface area contributed by atoms with Gasteiger partial charge in [-0.25, -0.2) is 0 Å². The summed E-state index contributed by atoms with van der Waals surface area (Å²) in [5.41, 5.74) is 4.27. The van der Waals surface area contributed by atoms with Crippen LogP contribution in [-0.4, -0.2) is 28.9 Å². The maximum absolute atomic E-state index is 12.3. The fourth-order valence-electron chi connectivity index (χ4n) is 3.14. The fraction of sp³-hybridized carbons (Fsp3) is 0.474. The summed E-state index contributed by atoms with van der Waals surface area (Å²) in [6.07, 6.45) is 1.15. The minimum atomic E-state index is -0.0839.